The lowest BCUT2D eigenvalue weighted by Crippen LogP contribution is -2.44. The first-order valence-electron chi connectivity index (χ1n) is 11.2. The Labute approximate surface area is 208 Å². The molecule has 0 saturated heterocycles. The molecule has 0 fully saturated rings. The number of fused-ring (bicyclic) bond motifs is 3. The van der Waals surface area contributed by atoms with Gasteiger partial charge in [-0.3, -0.25) is 10.1 Å². The van der Waals surface area contributed by atoms with Crippen molar-refractivity contribution in [1.29, 1.82) is 0 Å². The molecule has 1 atom stereocenters. The standard InChI is InChI=1S/C27H25ClN2O5/c1-15(2)24(26(32)33)30-25(31)16-11-12-23(22(28)13-16)29-27(34)35-14-21-19-9-5-3-7-17(19)18-8-4-6-10-20(18)21/h3-13,15,21,24H,14H2,1-2H3,(H,29,34)(H,30,31)(H,32,33)/t24-/m0/s1. The summed E-state index contributed by atoms with van der Waals surface area (Å²) >= 11 is 6.27. The van der Waals surface area contributed by atoms with Crippen molar-refractivity contribution in [2.24, 2.45) is 5.92 Å². The maximum atomic E-state index is 12.5. The van der Waals surface area contributed by atoms with Gasteiger partial charge in [-0.1, -0.05) is 74.0 Å². The third-order valence-electron chi connectivity index (χ3n) is 6.03. The smallest absolute Gasteiger partial charge is 0.411 e. The zero-order chi connectivity index (χ0) is 25.1. The van der Waals surface area contributed by atoms with Crippen molar-refractivity contribution in [3.63, 3.8) is 0 Å². The molecule has 0 unspecified atom stereocenters. The first-order chi connectivity index (χ1) is 16.8. The van der Waals surface area contributed by atoms with E-state index in [1.54, 1.807) is 13.8 Å². The third kappa shape index (κ3) is 5.15. The van der Waals surface area contributed by atoms with E-state index in [2.05, 4.69) is 22.8 Å². The predicted octanol–water partition coefficient (Wildman–Crippen LogP) is 5.54. The van der Waals surface area contributed by atoms with E-state index in [1.807, 2.05) is 36.4 Å². The summed E-state index contributed by atoms with van der Waals surface area (Å²) in [5.41, 5.74) is 4.94. The molecule has 2 amide bonds. The number of nitrogens with one attached hydrogen (secondary N) is 2. The molecule has 8 heteroatoms. The van der Waals surface area contributed by atoms with Crippen molar-refractivity contribution in [2.45, 2.75) is 25.8 Å². The van der Waals surface area contributed by atoms with Crippen molar-refractivity contribution in [3.05, 3.63) is 88.4 Å². The molecule has 3 aromatic rings. The Balaban J connectivity index is 1.40. The van der Waals surface area contributed by atoms with E-state index in [0.717, 1.165) is 22.3 Å². The van der Waals surface area contributed by atoms with E-state index in [4.69, 9.17) is 16.3 Å². The number of ether oxygens (including phenoxy) is 1. The summed E-state index contributed by atoms with van der Waals surface area (Å²) in [4.78, 5) is 36.3. The molecule has 1 aliphatic rings. The molecule has 0 bridgehead atoms. The highest BCUT2D eigenvalue weighted by Gasteiger charge is 2.29. The average molecular weight is 493 g/mol. The quantitative estimate of drug-likeness (QED) is 0.401. The Morgan fingerprint density at radius 2 is 1.57 bits per heavy atom. The van der Waals surface area contributed by atoms with Gasteiger partial charge in [0, 0.05) is 11.5 Å². The minimum Gasteiger partial charge on any atom is -0.480 e. The van der Waals surface area contributed by atoms with Crippen LogP contribution in [0.5, 0.6) is 0 Å². The highest BCUT2D eigenvalue weighted by molar-refractivity contribution is 6.34. The van der Waals surface area contributed by atoms with Crippen LogP contribution in [0.25, 0.3) is 11.1 Å². The fraction of sp³-hybridized carbons (Fsp3) is 0.222. The highest BCUT2D eigenvalue weighted by Crippen LogP contribution is 2.44. The molecule has 3 N–H and O–H groups in total. The zero-order valence-corrected chi connectivity index (χ0v) is 20.0. The van der Waals surface area contributed by atoms with Gasteiger partial charge in [0.1, 0.15) is 12.6 Å². The van der Waals surface area contributed by atoms with Crippen molar-refractivity contribution in [3.8, 4) is 11.1 Å². The minimum absolute atomic E-state index is 0.0715. The van der Waals surface area contributed by atoms with E-state index in [-0.39, 0.29) is 34.7 Å². The van der Waals surface area contributed by atoms with Gasteiger partial charge < -0.3 is 15.2 Å². The maximum Gasteiger partial charge on any atom is 0.411 e. The molecule has 0 saturated carbocycles. The summed E-state index contributed by atoms with van der Waals surface area (Å²) in [6.45, 7) is 3.56. The Hall–Kier alpha value is -3.84. The van der Waals surface area contributed by atoms with Crippen LogP contribution in [0.4, 0.5) is 10.5 Å². The van der Waals surface area contributed by atoms with Crippen LogP contribution in [0, 0.1) is 5.92 Å². The normalized spacial score (nSPS) is 13.0. The van der Waals surface area contributed by atoms with E-state index >= 15 is 0 Å². The number of halogens is 1. The summed E-state index contributed by atoms with van der Waals surface area (Å²) < 4.78 is 5.53. The topological polar surface area (TPSA) is 105 Å². The van der Waals surface area contributed by atoms with Crippen LogP contribution in [0.15, 0.2) is 66.7 Å². The van der Waals surface area contributed by atoms with Crippen LogP contribution < -0.4 is 10.6 Å². The number of carboxylic acids is 1. The zero-order valence-electron chi connectivity index (χ0n) is 19.2. The largest absolute Gasteiger partial charge is 0.480 e. The second-order valence-corrected chi connectivity index (χ2v) is 9.09. The van der Waals surface area contributed by atoms with Gasteiger partial charge in [-0.15, -0.1) is 0 Å². The van der Waals surface area contributed by atoms with Gasteiger partial charge in [-0.2, -0.15) is 0 Å². The number of carboxylic acid groups (broad SMARTS) is 1. The van der Waals surface area contributed by atoms with Crippen LogP contribution in [0.1, 0.15) is 41.3 Å². The summed E-state index contributed by atoms with van der Waals surface area (Å²) in [6, 6.07) is 19.4. The Bertz CT molecular complexity index is 1240. The first kappa shape index (κ1) is 24.3. The Kier molecular flexibility index (Phi) is 7.07. The monoisotopic (exact) mass is 492 g/mol. The number of carbonyl (C=O) groups excluding carboxylic acids is 2. The van der Waals surface area contributed by atoms with Crippen LogP contribution in [0.2, 0.25) is 5.02 Å². The van der Waals surface area contributed by atoms with Crippen molar-refractivity contribution in [1.82, 2.24) is 5.32 Å². The molecular weight excluding hydrogens is 468 g/mol. The number of rotatable bonds is 7. The van der Waals surface area contributed by atoms with Gasteiger partial charge in [0.05, 0.1) is 10.7 Å². The molecule has 0 heterocycles. The summed E-state index contributed by atoms with van der Waals surface area (Å²) in [7, 11) is 0. The number of anilines is 1. The SMILES string of the molecule is CC(C)[C@H](NC(=O)c1ccc(NC(=O)OCC2c3ccccc3-c3ccccc32)c(Cl)c1)C(=O)O. The molecule has 0 spiro atoms. The van der Waals surface area contributed by atoms with Gasteiger partial charge in [0.15, 0.2) is 0 Å². The average Bonchev–Trinajstić information content (AvgIpc) is 3.15. The van der Waals surface area contributed by atoms with E-state index in [9.17, 15) is 19.5 Å². The third-order valence-corrected chi connectivity index (χ3v) is 6.34. The molecule has 180 valence electrons. The number of aliphatic carboxylic acids is 1. The van der Waals surface area contributed by atoms with Crippen molar-refractivity contribution >= 4 is 35.3 Å². The predicted molar refractivity (Wildman–Crippen MR) is 134 cm³/mol. The molecule has 7 nitrogen and oxygen atoms in total. The lowest BCUT2D eigenvalue weighted by atomic mass is 9.98. The summed E-state index contributed by atoms with van der Waals surface area (Å²) in [5.74, 6) is -2.05. The van der Waals surface area contributed by atoms with Gasteiger partial charge >= 0.3 is 12.1 Å². The van der Waals surface area contributed by atoms with E-state index < -0.39 is 24.0 Å². The molecule has 35 heavy (non-hydrogen) atoms. The molecule has 0 aliphatic heterocycles. The van der Waals surface area contributed by atoms with Crippen LogP contribution in [-0.4, -0.2) is 35.7 Å². The summed E-state index contributed by atoms with van der Waals surface area (Å²) in [6.07, 6.45) is -0.670. The molecular formula is C27H25ClN2O5. The van der Waals surface area contributed by atoms with Crippen LogP contribution in [-0.2, 0) is 9.53 Å². The lowest BCUT2D eigenvalue weighted by Gasteiger charge is -2.18. The molecule has 4 rings (SSSR count). The van der Waals surface area contributed by atoms with Crippen LogP contribution >= 0.6 is 11.6 Å². The minimum atomic E-state index is -1.12. The first-order valence-corrected chi connectivity index (χ1v) is 11.6. The van der Waals surface area contributed by atoms with Gasteiger partial charge in [0.2, 0.25) is 0 Å². The van der Waals surface area contributed by atoms with Crippen molar-refractivity contribution < 1.29 is 24.2 Å². The molecule has 1 aliphatic carbocycles. The summed E-state index contributed by atoms with van der Waals surface area (Å²) in [5, 5.41) is 14.5. The number of benzene rings is 3. The second kappa shape index (κ2) is 10.2. The van der Waals surface area contributed by atoms with Crippen LogP contribution in [0.3, 0.4) is 0 Å². The second-order valence-electron chi connectivity index (χ2n) is 8.68. The number of hydrogen-bond acceptors (Lipinski definition) is 4. The Morgan fingerprint density at radius 3 is 2.11 bits per heavy atom. The molecule has 0 aromatic heterocycles. The number of carbonyl (C=O) groups is 3. The number of amides is 2. The Morgan fingerprint density at radius 1 is 0.971 bits per heavy atom. The highest BCUT2D eigenvalue weighted by atomic mass is 35.5. The molecule has 0 radical (unpaired) electrons. The maximum absolute atomic E-state index is 12.5. The fourth-order valence-electron chi connectivity index (χ4n) is 4.24. The van der Waals surface area contributed by atoms with Gasteiger partial charge in [0.25, 0.3) is 5.91 Å². The fourth-order valence-corrected chi connectivity index (χ4v) is 4.47. The van der Waals surface area contributed by atoms with Crippen molar-refractivity contribution in [2.75, 3.05) is 11.9 Å². The van der Waals surface area contributed by atoms with Gasteiger partial charge in [-0.05, 0) is 46.4 Å². The van der Waals surface area contributed by atoms with Gasteiger partial charge in [-0.25, -0.2) is 9.59 Å². The number of hydrogen-bond donors (Lipinski definition) is 3. The molecule has 3 aromatic carbocycles. The lowest BCUT2D eigenvalue weighted by molar-refractivity contribution is -0.140. The van der Waals surface area contributed by atoms with E-state index in [1.165, 1.54) is 18.2 Å². The van der Waals surface area contributed by atoms with E-state index in [0.29, 0.717) is 0 Å².